The van der Waals surface area contributed by atoms with Crippen LogP contribution in [0.4, 0.5) is 5.69 Å². The molecule has 1 aliphatic rings. The van der Waals surface area contributed by atoms with Gasteiger partial charge in [0.1, 0.15) is 17.6 Å². The number of hydrogen-bond donors (Lipinski definition) is 2. The van der Waals surface area contributed by atoms with Crippen molar-refractivity contribution in [1.82, 2.24) is 0 Å². The predicted molar refractivity (Wildman–Crippen MR) is 129 cm³/mol. The molecule has 0 saturated heterocycles. The number of carbonyl (C=O) groups excluding carboxylic acids is 1. The molecule has 31 heavy (non-hydrogen) atoms. The maximum absolute atomic E-state index is 12.2. The number of aromatic hydroxyl groups is 1. The first kappa shape index (κ1) is 24.5. The zero-order valence-corrected chi connectivity index (χ0v) is 19.7. The number of amides is 1. The molecule has 0 spiro atoms. The largest absolute Gasteiger partial charge is 0.508 e. The Morgan fingerprint density at radius 2 is 1.97 bits per heavy atom. The van der Waals surface area contributed by atoms with Gasteiger partial charge >= 0.3 is 0 Å². The van der Waals surface area contributed by atoms with Crippen LogP contribution in [0.5, 0.6) is 11.5 Å². The van der Waals surface area contributed by atoms with E-state index < -0.39 is 0 Å². The van der Waals surface area contributed by atoms with E-state index in [0.717, 1.165) is 11.1 Å². The Hall–Kier alpha value is -2.72. The van der Waals surface area contributed by atoms with E-state index in [9.17, 15) is 9.90 Å². The maximum atomic E-state index is 12.2. The monoisotopic (exact) mass is 441 g/mol. The van der Waals surface area contributed by atoms with E-state index >= 15 is 0 Å². The average Bonchev–Trinajstić information content (AvgIpc) is 2.68. The number of allylic oxidation sites excluding steroid dienone is 9. The fraction of sp³-hybridized carbons (Fsp3) is 0.346. The van der Waals surface area contributed by atoms with Gasteiger partial charge in [0.2, 0.25) is 5.91 Å². The smallest absolute Gasteiger partial charge is 0.248 e. The first-order chi connectivity index (χ1) is 14.6. The first-order valence-electron chi connectivity index (χ1n) is 10.5. The first-order valence-corrected chi connectivity index (χ1v) is 10.8. The molecular weight excluding hydrogens is 410 g/mol. The van der Waals surface area contributed by atoms with E-state index in [-0.39, 0.29) is 22.8 Å². The van der Waals surface area contributed by atoms with Gasteiger partial charge in [0.05, 0.1) is 5.69 Å². The molecule has 2 N–H and O–H groups in total. The lowest BCUT2D eigenvalue weighted by Gasteiger charge is -2.32. The van der Waals surface area contributed by atoms with Crippen LogP contribution in [0.15, 0.2) is 76.9 Å². The van der Waals surface area contributed by atoms with Crippen LogP contribution < -0.4 is 9.61 Å². The standard InChI is InChI=1S/C26H32ClNO3/c1-18(11-13-22-20(3)10-7-15-26(22,4)5)8-6-9-19(2)16-25(30)28-23-14-12-21(29)17-24(23)31-27/h6,8-9,11-14,16-17,29H,7,10,15H2,1-5H3,(H,28,30). The molecule has 0 radical (unpaired) electrons. The topological polar surface area (TPSA) is 58.6 Å². The summed E-state index contributed by atoms with van der Waals surface area (Å²) in [5.41, 5.74) is 5.47. The van der Waals surface area contributed by atoms with Crippen molar-refractivity contribution in [1.29, 1.82) is 0 Å². The summed E-state index contributed by atoms with van der Waals surface area (Å²) >= 11 is 5.39. The minimum absolute atomic E-state index is 0.00184. The Kier molecular flexibility index (Phi) is 8.76. The number of rotatable bonds is 7. The van der Waals surface area contributed by atoms with Crippen molar-refractivity contribution >= 4 is 23.5 Å². The van der Waals surface area contributed by atoms with E-state index in [1.54, 1.807) is 0 Å². The Morgan fingerprint density at radius 3 is 2.65 bits per heavy atom. The van der Waals surface area contributed by atoms with E-state index in [2.05, 4.69) is 49.5 Å². The summed E-state index contributed by atoms with van der Waals surface area (Å²) in [7, 11) is 0. The van der Waals surface area contributed by atoms with Gasteiger partial charge in [0.25, 0.3) is 0 Å². The average molecular weight is 442 g/mol. The van der Waals surface area contributed by atoms with Gasteiger partial charge in [-0.2, -0.15) is 0 Å². The molecule has 5 heteroatoms. The molecule has 0 unspecified atom stereocenters. The molecule has 1 amide bonds. The molecule has 2 rings (SSSR count). The quantitative estimate of drug-likeness (QED) is 0.263. The van der Waals surface area contributed by atoms with Crippen molar-refractivity contribution < 1.29 is 14.2 Å². The molecule has 1 aromatic rings. The normalized spacial score (nSPS) is 17.5. The minimum Gasteiger partial charge on any atom is -0.508 e. The number of nitrogens with one attached hydrogen (secondary N) is 1. The summed E-state index contributed by atoms with van der Waals surface area (Å²) in [6.45, 7) is 10.8. The van der Waals surface area contributed by atoms with Crippen molar-refractivity contribution in [2.45, 2.75) is 53.9 Å². The van der Waals surface area contributed by atoms with Crippen molar-refractivity contribution in [3.63, 3.8) is 0 Å². The lowest BCUT2D eigenvalue weighted by Crippen LogP contribution is -2.19. The third kappa shape index (κ3) is 7.48. The third-order valence-corrected chi connectivity index (χ3v) is 5.60. The Balaban J connectivity index is 2.00. The predicted octanol–water partition coefficient (Wildman–Crippen LogP) is 7.39. The SMILES string of the molecule is CC(C=CC1=C(C)CCCC1(C)C)=CC=CC(C)=CC(=O)Nc1ccc(O)cc1OCl. The van der Waals surface area contributed by atoms with E-state index in [0.29, 0.717) is 5.69 Å². The van der Waals surface area contributed by atoms with Crippen molar-refractivity contribution in [3.05, 3.63) is 76.9 Å². The third-order valence-electron chi connectivity index (χ3n) is 5.44. The van der Waals surface area contributed by atoms with Crippen molar-refractivity contribution in [2.24, 2.45) is 5.41 Å². The molecule has 0 aromatic heterocycles. The molecule has 166 valence electrons. The Bertz CT molecular complexity index is 965. The molecule has 0 atom stereocenters. The maximum Gasteiger partial charge on any atom is 0.248 e. The number of carbonyl (C=O) groups is 1. The molecular formula is C26H32ClNO3. The van der Waals surface area contributed by atoms with Crippen LogP contribution in [0.2, 0.25) is 0 Å². The van der Waals surface area contributed by atoms with Gasteiger partial charge in [-0.15, -0.1) is 0 Å². The molecule has 1 aliphatic carbocycles. The fourth-order valence-corrected chi connectivity index (χ4v) is 3.86. The van der Waals surface area contributed by atoms with Crippen LogP contribution in [0.1, 0.15) is 53.9 Å². The summed E-state index contributed by atoms with van der Waals surface area (Å²) in [5.74, 6) is -0.142. The fourth-order valence-electron chi connectivity index (χ4n) is 3.73. The van der Waals surface area contributed by atoms with Gasteiger partial charge in [-0.05, 0) is 68.7 Å². The molecule has 1 aromatic carbocycles. The molecule has 0 heterocycles. The highest BCUT2D eigenvalue weighted by molar-refractivity contribution is 6.10. The molecule has 0 bridgehead atoms. The molecule has 0 saturated carbocycles. The van der Waals surface area contributed by atoms with E-state index in [1.807, 2.05) is 25.2 Å². The number of halogens is 1. The van der Waals surface area contributed by atoms with Crippen molar-refractivity contribution in [3.8, 4) is 11.5 Å². The van der Waals surface area contributed by atoms with Gasteiger partial charge in [0, 0.05) is 12.1 Å². The van der Waals surface area contributed by atoms with Crippen LogP contribution in [-0.4, -0.2) is 11.0 Å². The van der Waals surface area contributed by atoms with Crippen LogP contribution in [0.3, 0.4) is 0 Å². The Morgan fingerprint density at radius 1 is 1.23 bits per heavy atom. The summed E-state index contributed by atoms with van der Waals surface area (Å²) in [6, 6.07) is 4.29. The summed E-state index contributed by atoms with van der Waals surface area (Å²) in [5, 5.41) is 12.1. The van der Waals surface area contributed by atoms with Gasteiger partial charge in [-0.1, -0.05) is 55.4 Å². The van der Waals surface area contributed by atoms with E-state index in [4.69, 9.17) is 11.9 Å². The highest BCUT2D eigenvalue weighted by Crippen LogP contribution is 2.40. The van der Waals surface area contributed by atoms with Gasteiger partial charge in [-0.3, -0.25) is 4.79 Å². The zero-order chi connectivity index (χ0) is 23.0. The Labute approximate surface area is 190 Å². The number of anilines is 1. The summed E-state index contributed by atoms with van der Waals surface area (Å²) in [6.07, 6.45) is 15.4. The molecule has 4 nitrogen and oxygen atoms in total. The number of benzene rings is 1. The van der Waals surface area contributed by atoms with Crippen LogP contribution in [-0.2, 0) is 4.79 Å². The zero-order valence-electron chi connectivity index (χ0n) is 19.0. The molecule has 0 fully saturated rings. The number of phenolic OH excluding ortho intramolecular Hbond substituents is 1. The summed E-state index contributed by atoms with van der Waals surface area (Å²) < 4.78 is 4.65. The van der Waals surface area contributed by atoms with Crippen LogP contribution >= 0.6 is 11.9 Å². The van der Waals surface area contributed by atoms with Crippen molar-refractivity contribution in [2.75, 3.05) is 5.32 Å². The second kappa shape index (κ2) is 11.1. The van der Waals surface area contributed by atoms with Crippen LogP contribution in [0.25, 0.3) is 0 Å². The van der Waals surface area contributed by atoms with Crippen LogP contribution in [0, 0.1) is 5.41 Å². The highest BCUT2D eigenvalue weighted by Gasteiger charge is 2.26. The van der Waals surface area contributed by atoms with Gasteiger partial charge in [-0.25, -0.2) is 0 Å². The number of hydrogen-bond acceptors (Lipinski definition) is 3. The minimum atomic E-state index is -0.314. The second-order valence-electron chi connectivity index (χ2n) is 8.67. The molecule has 0 aliphatic heterocycles. The summed E-state index contributed by atoms with van der Waals surface area (Å²) in [4.78, 5) is 12.2. The number of phenols is 1. The van der Waals surface area contributed by atoms with Gasteiger partial charge < -0.3 is 14.7 Å². The second-order valence-corrected chi connectivity index (χ2v) is 8.82. The lowest BCUT2D eigenvalue weighted by atomic mass is 9.72. The lowest BCUT2D eigenvalue weighted by molar-refractivity contribution is -0.111. The highest BCUT2D eigenvalue weighted by atomic mass is 35.5. The van der Waals surface area contributed by atoms with E-state index in [1.165, 1.54) is 54.7 Å². The van der Waals surface area contributed by atoms with Gasteiger partial charge in [0.15, 0.2) is 5.75 Å².